The van der Waals surface area contributed by atoms with Crippen molar-refractivity contribution in [1.29, 1.82) is 0 Å². The van der Waals surface area contributed by atoms with Crippen LogP contribution in [0.25, 0.3) is 93.4 Å². The largest absolute Gasteiger partial charge is 0.452 e. The molecule has 0 aliphatic rings. The van der Waals surface area contributed by atoms with Gasteiger partial charge in [0.05, 0.1) is 11.0 Å². The zero-order valence-electron chi connectivity index (χ0n) is 23.5. The summed E-state index contributed by atoms with van der Waals surface area (Å²) < 4.78 is 8.62. The van der Waals surface area contributed by atoms with E-state index in [9.17, 15) is 0 Å². The predicted molar refractivity (Wildman–Crippen MR) is 182 cm³/mol. The molecule has 10 aromatic rings. The maximum absolute atomic E-state index is 6.40. The molecule has 0 saturated heterocycles. The van der Waals surface area contributed by atoms with Crippen molar-refractivity contribution in [2.24, 2.45) is 0 Å². The summed E-state index contributed by atoms with van der Waals surface area (Å²) in [4.78, 5) is 10.5. The molecule has 0 saturated carbocycles. The average molecular weight is 562 g/mol. The van der Waals surface area contributed by atoms with Crippen molar-refractivity contribution >= 4 is 76.2 Å². The number of benzene rings is 7. The minimum atomic E-state index is 0.624. The Morgan fingerprint density at radius 3 is 1.80 bits per heavy atom. The summed E-state index contributed by atoms with van der Waals surface area (Å²) in [6.45, 7) is 0. The zero-order valence-corrected chi connectivity index (χ0v) is 23.5. The summed E-state index contributed by atoms with van der Waals surface area (Å²) in [6, 6.07) is 49.0. The third-order valence-corrected chi connectivity index (χ3v) is 9.00. The molecule has 204 valence electrons. The van der Waals surface area contributed by atoms with Crippen LogP contribution in [0.15, 0.2) is 144 Å². The van der Waals surface area contributed by atoms with Crippen molar-refractivity contribution in [3.8, 4) is 17.2 Å². The molecule has 0 amide bonds. The van der Waals surface area contributed by atoms with E-state index in [2.05, 4.69) is 108 Å². The fraction of sp³-hybridized carbons (Fsp3) is 0. The van der Waals surface area contributed by atoms with Gasteiger partial charge in [-0.15, -0.1) is 0 Å². The van der Waals surface area contributed by atoms with Crippen molar-refractivity contribution in [2.45, 2.75) is 0 Å². The molecule has 0 atom stereocenters. The van der Waals surface area contributed by atoms with E-state index >= 15 is 0 Å². The summed E-state index contributed by atoms with van der Waals surface area (Å²) >= 11 is 0. The second-order valence-electron chi connectivity index (χ2n) is 11.3. The van der Waals surface area contributed by atoms with E-state index in [0.717, 1.165) is 38.8 Å². The van der Waals surface area contributed by atoms with Crippen LogP contribution >= 0.6 is 0 Å². The fourth-order valence-electron chi connectivity index (χ4n) is 7.14. The monoisotopic (exact) mass is 561 g/mol. The first-order valence-electron chi connectivity index (χ1n) is 14.9. The van der Waals surface area contributed by atoms with Gasteiger partial charge in [-0.1, -0.05) is 115 Å². The minimum absolute atomic E-state index is 0.624. The summed E-state index contributed by atoms with van der Waals surface area (Å²) in [7, 11) is 0. The Labute approximate surface area is 251 Å². The Kier molecular flexibility index (Phi) is 4.69. The van der Waals surface area contributed by atoms with Crippen LogP contribution in [-0.4, -0.2) is 14.5 Å². The van der Waals surface area contributed by atoms with Crippen LogP contribution in [0, 0.1) is 0 Å². The van der Waals surface area contributed by atoms with Crippen LogP contribution in [0.2, 0.25) is 0 Å². The molecule has 4 nitrogen and oxygen atoms in total. The van der Waals surface area contributed by atoms with Crippen LogP contribution in [0.1, 0.15) is 0 Å². The molecule has 44 heavy (non-hydrogen) atoms. The molecule has 7 aromatic carbocycles. The molecule has 3 heterocycles. The second kappa shape index (κ2) is 8.76. The van der Waals surface area contributed by atoms with E-state index in [1.165, 1.54) is 43.1 Å². The summed E-state index contributed by atoms with van der Waals surface area (Å²) in [5.74, 6) is 0.624. The van der Waals surface area contributed by atoms with E-state index in [4.69, 9.17) is 14.4 Å². The molecule has 0 aliphatic carbocycles. The van der Waals surface area contributed by atoms with Gasteiger partial charge in [0.15, 0.2) is 5.58 Å². The molecule has 0 unspecified atom stereocenters. The van der Waals surface area contributed by atoms with E-state index in [-0.39, 0.29) is 0 Å². The molecular weight excluding hydrogens is 538 g/mol. The van der Waals surface area contributed by atoms with E-state index in [1.807, 2.05) is 36.4 Å². The first-order valence-corrected chi connectivity index (χ1v) is 14.9. The van der Waals surface area contributed by atoms with Gasteiger partial charge in [-0.3, -0.25) is 4.57 Å². The van der Waals surface area contributed by atoms with Gasteiger partial charge >= 0.3 is 0 Å². The highest BCUT2D eigenvalue weighted by atomic mass is 16.3. The highest BCUT2D eigenvalue weighted by molar-refractivity contribution is 6.35. The van der Waals surface area contributed by atoms with Gasteiger partial charge in [-0.2, -0.15) is 0 Å². The third kappa shape index (κ3) is 3.11. The van der Waals surface area contributed by atoms with Gasteiger partial charge in [-0.25, -0.2) is 9.97 Å². The normalized spacial score (nSPS) is 12.1. The van der Waals surface area contributed by atoms with Crippen LogP contribution in [0.4, 0.5) is 0 Å². The van der Waals surface area contributed by atoms with Gasteiger partial charge in [0.2, 0.25) is 5.95 Å². The predicted octanol–water partition coefficient (Wildman–Crippen LogP) is 10.6. The van der Waals surface area contributed by atoms with Crippen molar-refractivity contribution in [3.63, 3.8) is 0 Å². The van der Waals surface area contributed by atoms with Crippen LogP contribution in [0.5, 0.6) is 0 Å². The molecule has 4 heteroatoms. The van der Waals surface area contributed by atoms with Crippen molar-refractivity contribution in [2.75, 3.05) is 0 Å². The Morgan fingerprint density at radius 2 is 1.02 bits per heavy atom. The van der Waals surface area contributed by atoms with Gasteiger partial charge in [-0.05, 0) is 51.2 Å². The number of nitrogens with zero attached hydrogens (tertiary/aromatic N) is 3. The summed E-state index contributed by atoms with van der Waals surface area (Å²) in [5, 5.41) is 10.9. The molecule has 10 rings (SSSR count). The first-order chi connectivity index (χ1) is 21.8. The lowest BCUT2D eigenvalue weighted by atomic mass is 9.92. The van der Waals surface area contributed by atoms with Gasteiger partial charge in [0.1, 0.15) is 16.8 Å². The number of rotatable bonds is 2. The zero-order chi connectivity index (χ0) is 28.8. The van der Waals surface area contributed by atoms with Crippen LogP contribution < -0.4 is 0 Å². The molecule has 0 fully saturated rings. The highest BCUT2D eigenvalue weighted by Gasteiger charge is 2.22. The van der Waals surface area contributed by atoms with Crippen LogP contribution in [0.3, 0.4) is 0 Å². The number of para-hydroxylation sites is 2. The third-order valence-electron chi connectivity index (χ3n) is 9.00. The Hall–Kier alpha value is -6.00. The summed E-state index contributed by atoms with van der Waals surface area (Å²) in [5.41, 5.74) is 6.23. The van der Waals surface area contributed by atoms with E-state index < -0.39 is 0 Å². The molecule has 3 aromatic heterocycles. The molecule has 0 bridgehead atoms. The SMILES string of the molecule is c1ccc(-c2nc(-n3c4ccccc4c4c5c6ccccc6c6ccccc6c5ccc43)nc3c2oc2ccccc23)cc1. The van der Waals surface area contributed by atoms with Crippen molar-refractivity contribution in [1.82, 2.24) is 14.5 Å². The molecule has 0 aliphatic heterocycles. The number of aromatic nitrogens is 3. The van der Waals surface area contributed by atoms with Crippen molar-refractivity contribution in [3.05, 3.63) is 140 Å². The Balaban J connectivity index is 1.41. The lowest BCUT2D eigenvalue weighted by molar-refractivity contribution is 0.666. The number of hydrogen-bond acceptors (Lipinski definition) is 3. The van der Waals surface area contributed by atoms with Gasteiger partial charge in [0.25, 0.3) is 0 Å². The lowest BCUT2D eigenvalue weighted by Gasteiger charge is -2.12. The smallest absolute Gasteiger partial charge is 0.236 e. The summed E-state index contributed by atoms with van der Waals surface area (Å²) in [6.07, 6.45) is 0. The second-order valence-corrected chi connectivity index (χ2v) is 11.3. The molecule has 0 radical (unpaired) electrons. The molecular formula is C40H23N3O. The Morgan fingerprint density at radius 1 is 0.432 bits per heavy atom. The van der Waals surface area contributed by atoms with Gasteiger partial charge in [0, 0.05) is 27.1 Å². The maximum Gasteiger partial charge on any atom is 0.236 e. The number of furan rings is 1. The average Bonchev–Trinajstić information content (AvgIpc) is 3.64. The topological polar surface area (TPSA) is 43.9 Å². The fourth-order valence-corrected chi connectivity index (χ4v) is 7.14. The molecule has 0 spiro atoms. The Bertz CT molecular complexity index is 2740. The highest BCUT2D eigenvalue weighted by Crippen LogP contribution is 2.43. The number of fused-ring (bicyclic) bond motifs is 13. The molecule has 0 N–H and O–H groups in total. The standard InChI is InChI=1S/C40H23N3O/c1-2-12-24(13-3-1)37-39-38(31-19-9-11-21-34(31)44-39)42-40(41-37)43-32-20-10-8-18-30(32)36-33(43)23-22-29-27-16-5-4-14-25(27)26-15-6-7-17-28(26)35(29)36/h1-23H. The van der Waals surface area contributed by atoms with Crippen molar-refractivity contribution < 1.29 is 4.42 Å². The van der Waals surface area contributed by atoms with Crippen LogP contribution in [-0.2, 0) is 0 Å². The quantitative estimate of drug-likeness (QED) is 0.197. The minimum Gasteiger partial charge on any atom is -0.452 e. The first kappa shape index (κ1) is 23.6. The lowest BCUT2D eigenvalue weighted by Crippen LogP contribution is -2.02. The maximum atomic E-state index is 6.40. The van der Waals surface area contributed by atoms with Gasteiger partial charge < -0.3 is 4.42 Å². The number of hydrogen-bond donors (Lipinski definition) is 0. The van der Waals surface area contributed by atoms with E-state index in [1.54, 1.807) is 0 Å². The van der Waals surface area contributed by atoms with E-state index in [0.29, 0.717) is 11.5 Å².